The predicted octanol–water partition coefficient (Wildman–Crippen LogP) is 3.35. The van der Waals surface area contributed by atoms with E-state index in [1.54, 1.807) is 0 Å². The van der Waals surface area contributed by atoms with Crippen LogP contribution in [0.5, 0.6) is 0 Å². The molecule has 0 bridgehead atoms. The van der Waals surface area contributed by atoms with Gasteiger partial charge < -0.3 is 4.90 Å². The minimum absolute atomic E-state index is 0.608. The van der Waals surface area contributed by atoms with Gasteiger partial charge in [0.05, 0.1) is 10.0 Å². The zero-order chi connectivity index (χ0) is 12.3. The molecule has 0 spiro atoms. The lowest BCUT2D eigenvalue weighted by Gasteiger charge is -2.35. The van der Waals surface area contributed by atoms with Gasteiger partial charge in [-0.05, 0) is 18.2 Å². The lowest BCUT2D eigenvalue weighted by molar-refractivity contribution is 0.272. The van der Waals surface area contributed by atoms with Crippen molar-refractivity contribution >= 4 is 40.5 Å². The van der Waals surface area contributed by atoms with E-state index < -0.39 is 0 Å². The molecule has 0 atom stereocenters. The summed E-state index contributed by atoms with van der Waals surface area (Å²) in [5.74, 6) is 0.701. The molecular formula is C12H15Cl3N2. The third-order valence-electron chi connectivity index (χ3n) is 3.04. The van der Waals surface area contributed by atoms with Crippen molar-refractivity contribution in [3.63, 3.8) is 0 Å². The first-order chi connectivity index (χ1) is 8.20. The summed E-state index contributed by atoms with van der Waals surface area (Å²) in [4.78, 5) is 4.70. The van der Waals surface area contributed by atoms with E-state index in [-0.39, 0.29) is 0 Å². The number of halogens is 3. The molecule has 1 aliphatic rings. The molecule has 0 aliphatic carbocycles. The van der Waals surface area contributed by atoms with Gasteiger partial charge in [0, 0.05) is 44.3 Å². The third kappa shape index (κ3) is 3.41. The minimum atomic E-state index is 0.608. The van der Waals surface area contributed by atoms with Crippen molar-refractivity contribution in [2.75, 3.05) is 43.5 Å². The average molecular weight is 294 g/mol. The zero-order valence-corrected chi connectivity index (χ0v) is 11.8. The molecule has 2 rings (SSSR count). The zero-order valence-electron chi connectivity index (χ0n) is 9.50. The Kier molecular flexibility index (Phi) is 4.80. The maximum absolute atomic E-state index is 6.02. The second-order valence-corrected chi connectivity index (χ2v) is 5.31. The Morgan fingerprint density at radius 2 is 1.71 bits per heavy atom. The largest absolute Gasteiger partial charge is 0.369 e. The van der Waals surface area contributed by atoms with Crippen LogP contribution < -0.4 is 4.90 Å². The van der Waals surface area contributed by atoms with E-state index in [9.17, 15) is 0 Å². The van der Waals surface area contributed by atoms with Crippen LogP contribution in [0.2, 0.25) is 10.0 Å². The first-order valence-electron chi connectivity index (χ1n) is 5.69. The van der Waals surface area contributed by atoms with Crippen LogP contribution >= 0.6 is 34.8 Å². The second-order valence-electron chi connectivity index (χ2n) is 4.12. The SMILES string of the molecule is ClCCN1CCN(c2ccc(Cl)c(Cl)c2)CC1. The number of hydrogen-bond acceptors (Lipinski definition) is 2. The van der Waals surface area contributed by atoms with Gasteiger partial charge in [0.25, 0.3) is 0 Å². The smallest absolute Gasteiger partial charge is 0.0612 e. The number of rotatable bonds is 3. The van der Waals surface area contributed by atoms with Crippen molar-refractivity contribution in [2.24, 2.45) is 0 Å². The highest BCUT2D eigenvalue weighted by atomic mass is 35.5. The van der Waals surface area contributed by atoms with Gasteiger partial charge in [-0.2, -0.15) is 0 Å². The summed E-state index contributed by atoms with van der Waals surface area (Å²) in [6.45, 7) is 5.08. The Morgan fingerprint density at radius 1 is 1.00 bits per heavy atom. The van der Waals surface area contributed by atoms with Crippen LogP contribution in [0, 0.1) is 0 Å². The standard InChI is InChI=1S/C12H15Cl3N2/c13-3-4-16-5-7-17(8-6-16)10-1-2-11(14)12(15)9-10/h1-2,9H,3-8H2. The number of nitrogens with zero attached hydrogens (tertiary/aromatic N) is 2. The summed E-state index contributed by atoms with van der Waals surface area (Å²) in [6.07, 6.45) is 0. The van der Waals surface area contributed by atoms with Gasteiger partial charge in [0.2, 0.25) is 0 Å². The molecule has 0 N–H and O–H groups in total. The number of hydrogen-bond donors (Lipinski definition) is 0. The highest BCUT2D eigenvalue weighted by Gasteiger charge is 2.16. The van der Waals surface area contributed by atoms with Gasteiger partial charge >= 0.3 is 0 Å². The van der Waals surface area contributed by atoms with E-state index in [2.05, 4.69) is 9.80 Å². The molecule has 0 unspecified atom stereocenters. The fraction of sp³-hybridized carbons (Fsp3) is 0.500. The molecule has 2 nitrogen and oxygen atoms in total. The molecule has 1 fully saturated rings. The normalized spacial score (nSPS) is 17.5. The molecule has 1 aromatic carbocycles. The van der Waals surface area contributed by atoms with Crippen molar-refractivity contribution in [2.45, 2.75) is 0 Å². The Morgan fingerprint density at radius 3 is 2.29 bits per heavy atom. The monoisotopic (exact) mass is 292 g/mol. The van der Waals surface area contributed by atoms with E-state index in [0.717, 1.165) is 38.4 Å². The van der Waals surface area contributed by atoms with Crippen LogP contribution in [-0.2, 0) is 0 Å². The third-order valence-corrected chi connectivity index (χ3v) is 3.95. The average Bonchev–Trinajstić information content (AvgIpc) is 2.34. The van der Waals surface area contributed by atoms with Crippen molar-refractivity contribution in [3.8, 4) is 0 Å². The van der Waals surface area contributed by atoms with Gasteiger partial charge in [-0.3, -0.25) is 4.90 Å². The van der Waals surface area contributed by atoms with Crippen molar-refractivity contribution in [1.82, 2.24) is 4.90 Å². The van der Waals surface area contributed by atoms with E-state index in [1.165, 1.54) is 0 Å². The van der Waals surface area contributed by atoms with Gasteiger partial charge in [-0.15, -0.1) is 11.6 Å². The number of piperazine rings is 1. The summed E-state index contributed by atoms with van der Waals surface area (Å²) < 4.78 is 0. The van der Waals surface area contributed by atoms with Gasteiger partial charge in [-0.25, -0.2) is 0 Å². The summed E-state index contributed by atoms with van der Waals surface area (Å²) in [5, 5.41) is 1.23. The lowest BCUT2D eigenvalue weighted by atomic mass is 10.2. The number of alkyl halides is 1. The minimum Gasteiger partial charge on any atom is -0.369 e. The highest BCUT2D eigenvalue weighted by Crippen LogP contribution is 2.27. The van der Waals surface area contributed by atoms with E-state index in [0.29, 0.717) is 15.9 Å². The van der Waals surface area contributed by atoms with Crippen molar-refractivity contribution < 1.29 is 0 Å². The molecule has 0 aromatic heterocycles. The highest BCUT2D eigenvalue weighted by molar-refractivity contribution is 6.42. The Balaban J connectivity index is 1.98. The molecule has 0 radical (unpaired) electrons. The van der Waals surface area contributed by atoms with Crippen molar-refractivity contribution in [1.29, 1.82) is 0 Å². The molecule has 1 aliphatic heterocycles. The summed E-state index contributed by atoms with van der Waals surface area (Å²) in [5.41, 5.74) is 1.14. The lowest BCUT2D eigenvalue weighted by Crippen LogP contribution is -2.46. The molecule has 0 amide bonds. The van der Waals surface area contributed by atoms with Crippen LogP contribution in [-0.4, -0.2) is 43.5 Å². The summed E-state index contributed by atoms with van der Waals surface area (Å²) in [6, 6.07) is 5.80. The molecule has 1 saturated heterocycles. The number of benzene rings is 1. The van der Waals surface area contributed by atoms with Crippen LogP contribution in [0.4, 0.5) is 5.69 Å². The fourth-order valence-corrected chi connectivity index (χ4v) is 2.56. The summed E-state index contributed by atoms with van der Waals surface area (Å²) >= 11 is 17.7. The molecule has 5 heteroatoms. The quantitative estimate of drug-likeness (QED) is 0.789. The van der Waals surface area contributed by atoms with E-state index in [4.69, 9.17) is 34.8 Å². The maximum atomic E-state index is 6.02. The summed E-state index contributed by atoms with van der Waals surface area (Å²) in [7, 11) is 0. The molecule has 94 valence electrons. The first kappa shape index (κ1) is 13.3. The predicted molar refractivity (Wildman–Crippen MR) is 75.8 cm³/mol. The molecule has 0 saturated carbocycles. The Hall–Kier alpha value is -0.150. The second kappa shape index (κ2) is 6.14. The van der Waals surface area contributed by atoms with Crippen LogP contribution in [0.15, 0.2) is 18.2 Å². The van der Waals surface area contributed by atoms with Gasteiger partial charge in [-0.1, -0.05) is 23.2 Å². The van der Waals surface area contributed by atoms with Crippen LogP contribution in [0.1, 0.15) is 0 Å². The molecular weight excluding hydrogens is 279 g/mol. The Bertz CT molecular complexity index is 376. The van der Waals surface area contributed by atoms with E-state index >= 15 is 0 Å². The molecule has 1 aromatic rings. The topological polar surface area (TPSA) is 6.48 Å². The van der Waals surface area contributed by atoms with Gasteiger partial charge in [0.1, 0.15) is 0 Å². The van der Waals surface area contributed by atoms with Crippen LogP contribution in [0.25, 0.3) is 0 Å². The molecule has 1 heterocycles. The molecule has 17 heavy (non-hydrogen) atoms. The fourth-order valence-electron chi connectivity index (χ4n) is 2.03. The first-order valence-corrected chi connectivity index (χ1v) is 6.98. The van der Waals surface area contributed by atoms with Crippen LogP contribution in [0.3, 0.4) is 0 Å². The van der Waals surface area contributed by atoms with E-state index in [1.807, 2.05) is 18.2 Å². The van der Waals surface area contributed by atoms with Crippen molar-refractivity contribution in [3.05, 3.63) is 28.2 Å². The maximum Gasteiger partial charge on any atom is 0.0612 e. The Labute approximate surface area is 117 Å². The number of anilines is 1. The van der Waals surface area contributed by atoms with Gasteiger partial charge in [0.15, 0.2) is 0 Å².